The molecule has 0 fully saturated rings. The van der Waals surface area contributed by atoms with E-state index < -0.39 is 0 Å². The third kappa shape index (κ3) is 2.97. The van der Waals surface area contributed by atoms with Crippen LogP contribution in [0.2, 0.25) is 0 Å². The van der Waals surface area contributed by atoms with Gasteiger partial charge >= 0.3 is 5.97 Å². The number of benzene rings is 1. The van der Waals surface area contributed by atoms with E-state index in [1.54, 1.807) is 0 Å². The fourth-order valence-electron chi connectivity index (χ4n) is 1.79. The second-order valence-corrected chi connectivity index (χ2v) is 4.17. The SMILES string of the molecule is CC(=O)NCCC=Cc1ccc2c(c1)C(=O)OC2. The lowest BCUT2D eigenvalue weighted by atomic mass is 10.1. The summed E-state index contributed by atoms with van der Waals surface area (Å²) >= 11 is 0. The minimum absolute atomic E-state index is 0.0244. The highest BCUT2D eigenvalue weighted by Crippen LogP contribution is 2.21. The van der Waals surface area contributed by atoms with E-state index in [0.717, 1.165) is 17.5 Å². The number of carbonyl (C=O) groups is 2. The Morgan fingerprint density at radius 1 is 1.50 bits per heavy atom. The number of hydrogen-bond acceptors (Lipinski definition) is 3. The second kappa shape index (κ2) is 5.49. The predicted molar refractivity (Wildman–Crippen MR) is 67.9 cm³/mol. The summed E-state index contributed by atoms with van der Waals surface area (Å²) in [4.78, 5) is 22.0. The molecule has 1 aliphatic heterocycles. The molecule has 18 heavy (non-hydrogen) atoms. The van der Waals surface area contributed by atoms with Crippen molar-refractivity contribution in [1.82, 2.24) is 5.32 Å². The summed E-state index contributed by atoms with van der Waals surface area (Å²) in [7, 11) is 0. The fraction of sp³-hybridized carbons (Fsp3) is 0.286. The molecule has 1 aromatic carbocycles. The van der Waals surface area contributed by atoms with Crippen molar-refractivity contribution in [2.75, 3.05) is 6.54 Å². The van der Waals surface area contributed by atoms with Crippen LogP contribution in [0.5, 0.6) is 0 Å². The molecular formula is C14H15NO3. The smallest absolute Gasteiger partial charge is 0.338 e. The van der Waals surface area contributed by atoms with Gasteiger partial charge in [-0.3, -0.25) is 4.79 Å². The van der Waals surface area contributed by atoms with Gasteiger partial charge in [-0.1, -0.05) is 24.3 Å². The molecule has 0 aromatic heterocycles. The Balaban J connectivity index is 1.94. The summed E-state index contributed by atoms with van der Waals surface area (Å²) in [6.07, 6.45) is 4.67. The van der Waals surface area contributed by atoms with E-state index in [-0.39, 0.29) is 11.9 Å². The highest BCUT2D eigenvalue weighted by Gasteiger charge is 2.20. The summed E-state index contributed by atoms with van der Waals surface area (Å²) in [5.74, 6) is -0.276. The molecular weight excluding hydrogens is 230 g/mol. The van der Waals surface area contributed by atoms with Crippen LogP contribution in [0.15, 0.2) is 24.3 Å². The van der Waals surface area contributed by atoms with Crippen molar-refractivity contribution in [2.24, 2.45) is 0 Å². The topological polar surface area (TPSA) is 55.4 Å². The van der Waals surface area contributed by atoms with Crippen LogP contribution >= 0.6 is 0 Å². The maximum Gasteiger partial charge on any atom is 0.338 e. The number of fused-ring (bicyclic) bond motifs is 1. The largest absolute Gasteiger partial charge is 0.457 e. The molecule has 0 aliphatic carbocycles. The van der Waals surface area contributed by atoms with E-state index in [1.807, 2.05) is 30.4 Å². The van der Waals surface area contributed by atoms with Crippen LogP contribution in [0.4, 0.5) is 0 Å². The molecule has 2 rings (SSSR count). The van der Waals surface area contributed by atoms with Crippen LogP contribution in [-0.4, -0.2) is 18.4 Å². The van der Waals surface area contributed by atoms with E-state index in [4.69, 9.17) is 4.74 Å². The second-order valence-electron chi connectivity index (χ2n) is 4.17. The molecule has 0 saturated heterocycles. The van der Waals surface area contributed by atoms with Crippen molar-refractivity contribution in [3.8, 4) is 0 Å². The maximum atomic E-state index is 11.4. The first-order valence-corrected chi connectivity index (χ1v) is 5.88. The molecule has 1 amide bonds. The van der Waals surface area contributed by atoms with Crippen molar-refractivity contribution in [3.05, 3.63) is 41.0 Å². The number of esters is 1. The lowest BCUT2D eigenvalue weighted by molar-refractivity contribution is -0.118. The highest BCUT2D eigenvalue weighted by molar-refractivity contribution is 5.94. The Labute approximate surface area is 106 Å². The molecule has 0 spiro atoms. The van der Waals surface area contributed by atoms with Gasteiger partial charge < -0.3 is 10.1 Å². The number of ether oxygens (including phenoxy) is 1. The van der Waals surface area contributed by atoms with Gasteiger partial charge in [0.25, 0.3) is 0 Å². The molecule has 1 N–H and O–H groups in total. The summed E-state index contributed by atoms with van der Waals surface area (Å²) < 4.78 is 4.94. The van der Waals surface area contributed by atoms with Gasteiger partial charge in [-0.05, 0) is 18.1 Å². The zero-order valence-corrected chi connectivity index (χ0v) is 10.2. The quantitative estimate of drug-likeness (QED) is 0.651. The Morgan fingerprint density at radius 3 is 3.11 bits per heavy atom. The van der Waals surface area contributed by atoms with Gasteiger partial charge in [0.05, 0.1) is 5.56 Å². The molecule has 0 bridgehead atoms. The first-order chi connectivity index (χ1) is 8.66. The number of carbonyl (C=O) groups excluding carboxylic acids is 2. The number of amides is 1. The van der Waals surface area contributed by atoms with E-state index in [9.17, 15) is 9.59 Å². The van der Waals surface area contributed by atoms with Gasteiger partial charge in [-0.25, -0.2) is 4.79 Å². The molecule has 0 saturated carbocycles. The van der Waals surface area contributed by atoms with Crippen molar-refractivity contribution in [2.45, 2.75) is 20.0 Å². The van der Waals surface area contributed by atoms with Crippen LogP contribution in [0.25, 0.3) is 6.08 Å². The highest BCUT2D eigenvalue weighted by atomic mass is 16.5. The Morgan fingerprint density at radius 2 is 2.33 bits per heavy atom. The van der Waals surface area contributed by atoms with Crippen molar-refractivity contribution in [1.29, 1.82) is 0 Å². The Hall–Kier alpha value is -2.10. The number of rotatable bonds is 4. The molecule has 1 aromatic rings. The lowest BCUT2D eigenvalue weighted by Gasteiger charge is -1.98. The van der Waals surface area contributed by atoms with Gasteiger partial charge in [0, 0.05) is 19.0 Å². The predicted octanol–water partition coefficient (Wildman–Crippen LogP) is 1.90. The Kier molecular flexibility index (Phi) is 3.77. The van der Waals surface area contributed by atoms with Gasteiger partial charge in [-0.2, -0.15) is 0 Å². The third-order valence-electron chi connectivity index (χ3n) is 2.71. The van der Waals surface area contributed by atoms with Gasteiger partial charge in [0.2, 0.25) is 5.91 Å². The summed E-state index contributed by atoms with van der Waals surface area (Å²) in [6.45, 7) is 2.50. The molecule has 94 valence electrons. The van der Waals surface area contributed by atoms with Crippen molar-refractivity contribution in [3.63, 3.8) is 0 Å². The normalized spacial score (nSPS) is 13.5. The summed E-state index contributed by atoms with van der Waals surface area (Å²) in [5, 5.41) is 2.72. The zero-order valence-electron chi connectivity index (χ0n) is 10.2. The molecule has 1 aliphatic rings. The molecule has 1 heterocycles. The zero-order chi connectivity index (χ0) is 13.0. The van der Waals surface area contributed by atoms with E-state index in [0.29, 0.717) is 18.7 Å². The van der Waals surface area contributed by atoms with Crippen LogP contribution in [0.1, 0.15) is 34.8 Å². The minimum Gasteiger partial charge on any atom is -0.457 e. The van der Waals surface area contributed by atoms with Crippen LogP contribution in [0.3, 0.4) is 0 Å². The minimum atomic E-state index is -0.251. The van der Waals surface area contributed by atoms with Crippen LogP contribution in [0, 0.1) is 0 Å². The van der Waals surface area contributed by atoms with E-state index in [1.165, 1.54) is 6.92 Å². The molecule has 0 radical (unpaired) electrons. The van der Waals surface area contributed by atoms with Gasteiger partial charge in [0.1, 0.15) is 6.61 Å². The Bertz CT molecular complexity index is 506. The maximum absolute atomic E-state index is 11.4. The van der Waals surface area contributed by atoms with Crippen molar-refractivity contribution < 1.29 is 14.3 Å². The number of hydrogen-bond donors (Lipinski definition) is 1. The lowest BCUT2D eigenvalue weighted by Crippen LogP contribution is -2.20. The molecule has 0 unspecified atom stereocenters. The van der Waals surface area contributed by atoms with Gasteiger partial charge in [-0.15, -0.1) is 0 Å². The van der Waals surface area contributed by atoms with Crippen molar-refractivity contribution >= 4 is 18.0 Å². The van der Waals surface area contributed by atoms with Gasteiger partial charge in [0.15, 0.2) is 0 Å². The number of cyclic esters (lactones) is 1. The summed E-state index contributed by atoms with van der Waals surface area (Å²) in [6, 6.07) is 5.70. The molecule has 4 heteroatoms. The monoisotopic (exact) mass is 245 g/mol. The molecule has 4 nitrogen and oxygen atoms in total. The average Bonchev–Trinajstić information content (AvgIpc) is 2.70. The fourth-order valence-corrected chi connectivity index (χ4v) is 1.79. The van der Waals surface area contributed by atoms with E-state index >= 15 is 0 Å². The molecule has 0 atom stereocenters. The standard InChI is InChI=1S/C14H15NO3/c1-10(16)15-7-3-2-4-11-5-6-12-9-18-14(17)13(12)8-11/h2,4-6,8H,3,7,9H2,1H3,(H,15,16). The average molecular weight is 245 g/mol. The first-order valence-electron chi connectivity index (χ1n) is 5.88. The third-order valence-corrected chi connectivity index (χ3v) is 2.71. The number of nitrogens with one attached hydrogen (secondary N) is 1. The van der Waals surface area contributed by atoms with Crippen LogP contribution < -0.4 is 5.32 Å². The van der Waals surface area contributed by atoms with Crippen LogP contribution in [-0.2, 0) is 16.1 Å². The first kappa shape index (κ1) is 12.4. The van der Waals surface area contributed by atoms with E-state index in [2.05, 4.69) is 5.32 Å². The summed E-state index contributed by atoms with van der Waals surface area (Å²) in [5.41, 5.74) is 2.56.